The number of carboxylic acid groups (broad SMARTS) is 1. The number of aromatic nitrogens is 2. The topological polar surface area (TPSA) is 111 Å². The number of hydrogen-bond acceptors (Lipinski definition) is 6. The second-order valence-electron chi connectivity index (χ2n) is 5.56. The molecular weight excluding hydrogens is 338 g/mol. The van der Waals surface area contributed by atoms with Crippen LogP contribution in [0.25, 0.3) is 0 Å². The number of hydrogen-bond donors (Lipinski definition) is 2. The fourth-order valence-corrected chi connectivity index (χ4v) is 2.72. The summed E-state index contributed by atoms with van der Waals surface area (Å²) >= 11 is 0. The van der Waals surface area contributed by atoms with E-state index in [1.807, 2.05) is 0 Å². The summed E-state index contributed by atoms with van der Waals surface area (Å²) in [5, 5.41) is 12.5. The predicted molar refractivity (Wildman–Crippen MR) is 93.5 cm³/mol. The minimum atomic E-state index is -1.26. The van der Waals surface area contributed by atoms with Crippen molar-refractivity contribution in [2.75, 3.05) is 20.8 Å². The summed E-state index contributed by atoms with van der Waals surface area (Å²) in [5.41, 5.74) is -0.632. The lowest BCUT2D eigenvalue weighted by molar-refractivity contribution is -0.143. The van der Waals surface area contributed by atoms with Gasteiger partial charge in [0.05, 0.1) is 14.2 Å². The molecule has 8 nitrogen and oxygen atoms in total. The fourth-order valence-electron chi connectivity index (χ4n) is 2.72. The summed E-state index contributed by atoms with van der Waals surface area (Å²) in [6.45, 7) is 1.66. The highest BCUT2D eigenvalue weighted by molar-refractivity contribution is 5.99. The van der Waals surface area contributed by atoms with Crippen LogP contribution in [0.4, 0.5) is 0 Å². The number of benzene rings is 1. The van der Waals surface area contributed by atoms with Crippen LogP contribution in [0, 0.1) is 0 Å². The van der Waals surface area contributed by atoms with Crippen LogP contribution in [0.1, 0.15) is 29.3 Å². The molecule has 1 aromatic heterocycles. The van der Waals surface area contributed by atoms with Gasteiger partial charge in [0.2, 0.25) is 11.8 Å². The van der Waals surface area contributed by atoms with Crippen LogP contribution in [-0.4, -0.2) is 47.7 Å². The molecule has 2 N–H and O–H groups in total. The van der Waals surface area contributed by atoms with E-state index in [2.05, 4.69) is 15.3 Å². The minimum absolute atomic E-state index is 0.0148. The number of rotatable bonds is 8. The maximum absolute atomic E-state index is 12.7. The number of nitrogens with one attached hydrogen (secondary N) is 1. The highest BCUT2D eigenvalue weighted by Crippen LogP contribution is 2.29. The molecule has 0 spiro atoms. The molecule has 138 valence electrons. The van der Waals surface area contributed by atoms with Crippen LogP contribution in [0.15, 0.2) is 36.7 Å². The number of carboxylic acids is 1. The Balaban J connectivity index is 2.33. The van der Waals surface area contributed by atoms with Crippen LogP contribution in [-0.2, 0) is 10.2 Å². The molecule has 0 radical (unpaired) electrons. The smallest absolute Gasteiger partial charge is 0.315 e. The molecule has 0 aliphatic carbocycles. The Kier molecular flexibility index (Phi) is 6.11. The second kappa shape index (κ2) is 8.28. The zero-order valence-corrected chi connectivity index (χ0v) is 14.9. The molecule has 1 heterocycles. The van der Waals surface area contributed by atoms with Gasteiger partial charge in [-0.1, -0.05) is 37.3 Å². The van der Waals surface area contributed by atoms with Gasteiger partial charge in [-0.2, -0.15) is 0 Å². The average Bonchev–Trinajstić information content (AvgIpc) is 2.68. The van der Waals surface area contributed by atoms with E-state index in [4.69, 9.17) is 9.47 Å². The van der Waals surface area contributed by atoms with E-state index in [1.165, 1.54) is 20.5 Å². The first-order valence-electron chi connectivity index (χ1n) is 8.00. The third kappa shape index (κ3) is 3.58. The van der Waals surface area contributed by atoms with Crippen molar-refractivity contribution in [2.24, 2.45) is 0 Å². The van der Waals surface area contributed by atoms with Gasteiger partial charge < -0.3 is 19.9 Å². The molecule has 2 rings (SSSR count). The number of nitrogens with zero attached hydrogens (tertiary/aromatic N) is 2. The summed E-state index contributed by atoms with van der Waals surface area (Å²) in [4.78, 5) is 32.5. The van der Waals surface area contributed by atoms with Crippen molar-refractivity contribution in [1.82, 2.24) is 15.3 Å². The molecule has 0 fully saturated rings. The van der Waals surface area contributed by atoms with Gasteiger partial charge in [0.1, 0.15) is 11.7 Å². The quantitative estimate of drug-likeness (QED) is 0.737. The zero-order valence-electron chi connectivity index (χ0n) is 14.9. The van der Waals surface area contributed by atoms with Gasteiger partial charge >= 0.3 is 5.97 Å². The Bertz CT molecular complexity index is 759. The molecule has 1 aromatic carbocycles. The molecule has 0 aliphatic heterocycles. The van der Waals surface area contributed by atoms with Crippen molar-refractivity contribution in [3.8, 4) is 11.8 Å². The Hall–Kier alpha value is -3.16. The van der Waals surface area contributed by atoms with Crippen molar-refractivity contribution in [3.63, 3.8) is 0 Å². The SMILES string of the molecule is CCC(CNC(=O)c1c(OC)ncnc1OC)(C(=O)O)c1ccccc1. The molecule has 1 amide bonds. The Labute approximate surface area is 151 Å². The first-order valence-corrected chi connectivity index (χ1v) is 8.00. The van der Waals surface area contributed by atoms with Gasteiger partial charge in [0.15, 0.2) is 5.56 Å². The van der Waals surface area contributed by atoms with E-state index in [9.17, 15) is 14.7 Å². The van der Waals surface area contributed by atoms with Crippen molar-refractivity contribution in [3.05, 3.63) is 47.8 Å². The normalized spacial score (nSPS) is 12.7. The maximum atomic E-state index is 12.7. The summed E-state index contributed by atoms with van der Waals surface area (Å²) in [6, 6.07) is 8.80. The molecule has 8 heteroatoms. The third-order valence-corrected chi connectivity index (χ3v) is 4.28. The van der Waals surface area contributed by atoms with Crippen molar-refractivity contribution < 1.29 is 24.2 Å². The van der Waals surface area contributed by atoms with Gasteiger partial charge in [0, 0.05) is 6.54 Å². The van der Waals surface area contributed by atoms with Crippen molar-refractivity contribution in [1.29, 1.82) is 0 Å². The molecule has 0 aliphatic rings. The highest BCUT2D eigenvalue weighted by Gasteiger charge is 2.39. The number of carbonyl (C=O) groups excluding carboxylic acids is 1. The van der Waals surface area contributed by atoms with Crippen molar-refractivity contribution >= 4 is 11.9 Å². The summed E-state index contributed by atoms with van der Waals surface area (Å²) in [7, 11) is 2.74. The average molecular weight is 359 g/mol. The molecule has 26 heavy (non-hydrogen) atoms. The predicted octanol–water partition coefficient (Wildman–Crippen LogP) is 1.66. The first kappa shape index (κ1) is 19.2. The van der Waals surface area contributed by atoms with Gasteiger partial charge in [-0.25, -0.2) is 9.97 Å². The van der Waals surface area contributed by atoms with Gasteiger partial charge in [-0.15, -0.1) is 0 Å². The number of amides is 1. The van der Waals surface area contributed by atoms with Crippen molar-refractivity contribution in [2.45, 2.75) is 18.8 Å². The first-order chi connectivity index (χ1) is 12.5. The molecular formula is C18H21N3O5. The summed E-state index contributed by atoms with van der Waals surface area (Å²) in [6.07, 6.45) is 1.51. The van der Waals surface area contributed by atoms with E-state index in [-0.39, 0.29) is 23.9 Å². The van der Waals surface area contributed by atoms with E-state index < -0.39 is 17.3 Å². The Morgan fingerprint density at radius 3 is 2.15 bits per heavy atom. The van der Waals surface area contributed by atoms with E-state index in [1.54, 1.807) is 37.3 Å². The van der Waals surface area contributed by atoms with Crippen LogP contribution < -0.4 is 14.8 Å². The number of ether oxygens (including phenoxy) is 2. The maximum Gasteiger partial charge on any atom is 0.315 e. The minimum Gasteiger partial charge on any atom is -0.481 e. The zero-order chi connectivity index (χ0) is 19.2. The summed E-state index contributed by atoms with van der Waals surface area (Å²) in [5.74, 6) is -1.50. The van der Waals surface area contributed by atoms with Crippen LogP contribution in [0.5, 0.6) is 11.8 Å². The largest absolute Gasteiger partial charge is 0.481 e. The Morgan fingerprint density at radius 2 is 1.69 bits per heavy atom. The standard InChI is InChI=1S/C18H21N3O5/c1-4-18(17(23)24,12-8-6-5-7-9-12)10-19-14(22)13-15(25-2)20-11-21-16(13)26-3/h5-9,11H,4,10H2,1-3H3,(H,19,22)(H,23,24). The lowest BCUT2D eigenvalue weighted by atomic mass is 9.78. The molecule has 1 unspecified atom stereocenters. The molecule has 0 saturated heterocycles. The van der Waals surface area contributed by atoms with Crippen LogP contribution in [0.3, 0.4) is 0 Å². The molecule has 0 saturated carbocycles. The molecule has 0 bridgehead atoms. The van der Waals surface area contributed by atoms with E-state index >= 15 is 0 Å². The molecule has 2 aromatic rings. The summed E-state index contributed by atoms with van der Waals surface area (Å²) < 4.78 is 10.2. The number of aliphatic carboxylic acids is 1. The highest BCUT2D eigenvalue weighted by atomic mass is 16.5. The van der Waals surface area contributed by atoms with Crippen LogP contribution >= 0.6 is 0 Å². The lowest BCUT2D eigenvalue weighted by Gasteiger charge is -2.29. The second-order valence-corrected chi connectivity index (χ2v) is 5.56. The third-order valence-electron chi connectivity index (χ3n) is 4.28. The number of methoxy groups -OCH3 is 2. The van der Waals surface area contributed by atoms with Gasteiger partial charge in [-0.3, -0.25) is 9.59 Å². The molecule has 1 atom stereocenters. The monoisotopic (exact) mass is 359 g/mol. The van der Waals surface area contributed by atoms with Gasteiger partial charge in [-0.05, 0) is 12.0 Å². The van der Waals surface area contributed by atoms with Gasteiger partial charge in [0.25, 0.3) is 5.91 Å². The van der Waals surface area contributed by atoms with Crippen LogP contribution in [0.2, 0.25) is 0 Å². The Morgan fingerprint density at radius 1 is 1.12 bits per heavy atom. The lowest BCUT2D eigenvalue weighted by Crippen LogP contribution is -2.46. The van der Waals surface area contributed by atoms with E-state index in [0.717, 1.165) is 0 Å². The number of carbonyl (C=O) groups is 2. The van der Waals surface area contributed by atoms with E-state index in [0.29, 0.717) is 12.0 Å². The fraction of sp³-hybridized carbons (Fsp3) is 0.333.